The first-order valence-corrected chi connectivity index (χ1v) is 5.26. The summed E-state index contributed by atoms with van der Waals surface area (Å²) in [7, 11) is 0. The molecular weight excluding hydrogens is 260 g/mol. The molecule has 78 valence electrons. The highest BCUT2D eigenvalue weighted by Crippen LogP contribution is 2.25. The highest BCUT2D eigenvalue weighted by molar-refractivity contribution is 9.10. The Hall–Kier alpha value is -1.36. The molecule has 0 unspecified atom stereocenters. The smallest absolute Gasteiger partial charge is 0.328 e. The lowest BCUT2D eigenvalue weighted by molar-refractivity contribution is -0.115. The molecule has 2 rings (SSSR count). The molecule has 1 heterocycles. The Kier molecular flexibility index (Phi) is 2.48. The molecule has 1 aliphatic rings. The second-order valence-corrected chi connectivity index (χ2v) is 4.23. The Labute approximate surface area is 95.4 Å². The van der Waals surface area contributed by atoms with Gasteiger partial charge in [0.25, 0.3) is 5.91 Å². The van der Waals surface area contributed by atoms with Gasteiger partial charge < -0.3 is 5.32 Å². The van der Waals surface area contributed by atoms with Crippen LogP contribution in [0.15, 0.2) is 22.7 Å². The summed E-state index contributed by atoms with van der Waals surface area (Å²) in [5.74, 6) is -0.221. The zero-order valence-corrected chi connectivity index (χ0v) is 9.67. The van der Waals surface area contributed by atoms with Gasteiger partial charge in [-0.05, 0) is 24.6 Å². The van der Waals surface area contributed by atoms with E-state index in [1.54, 1.807) is 6.07 Å². The van der Waals surface area contributed by atoms with Crippen LogP contribution in [-0.2, 0) is 4.79 Å². The minimum Gasteiger partial charge on any atom is -0.328 e. The van der Waals surface area contributed by atoms with Crippen molar-refractivity contribution in [1.29, 1.82) is 0 Å². The van der Waals surface area contributed by atoms with Crippen molar-refractivity contribution < 1.29 is 9.59 Å². The van der Waals surface area contributed by atoms with Crippen LogP contribution in [0.5, 0.6) is 0 Å². The van der Waals surface area contributed by atoms with E-state index in [9.17, 15) is 9.59 Å². The van der Waals surface area contributed by atoms with E-state index in [-0.39, 0.29) is 18.5 Å². The Morgan fingerprint density at radius 2 is 2.13 bits per heavy atom. The highest BCUT2D eigenvalue weighted by atomic mass is 79.9. The molecule has 1 aromatic carbocycles. The van der Waals surface area contributed by atoms with Gasteiger partial charge in [-0.2, -0.15) is 0 Å². The molecule has 1 aliphatic heterocycles. The third-order valence-electron chi connectivity index (χ3n) is 2.26. The van der Waals surface area contributed by atoms with Crippen molar-refractivity contribution in [3.05, 3.63) is 28.2 Å². The van der Waals surface area contributed by atoms with E-state index in [2.05, 4.69) is 21.2 Å². The summed E-state index contributed by atoms with van der Waals surface area (Å²) in [6.07, 6.45) is 0. The lowest BCUT2D eigenvalue weighted by atomic mass is 10.2. The molecule has 0 aliphatic carbocycles. The van der Waals surface area contributed by atoms with Gasteiger partial charge in [-0.3, -0.25) is 4.79 Å². The van der Waals surface area contributed by atoms with Gasteiger partial charge in [-0.25, -0.2) is 9.69 Å². The van der Waals surface area contributed by atoms with Crippen molar-refractivity contribution in [1.82, 2.24) is 5.32 Å². The SMILES string of the molecule is Cc1ccc(Br)cc1N1C(=O)CNC1=O. The van der Waals surface area contributed by atoms with Gasteiger partial charge in [0.05, 0.1) is 12.2 Å². The number of hydrogen-bond acceptors (Lipinski definition) is 2. The second-order valence-electron chi connectivity index (χ2n) is 3.32. The summed E-state index contributed by atoms with van der Waals surface area (Å²) in [6.45, 7) is 1.94. The maximum absolute atomic E-state index is 11.5. The summed E-state index contributed by atoms with van der Waals surface area (Å²) in [5, 5.41) is 2.49. The number of aryl methyl sites for hydroxylation is 1. The number of benzene rings is 1. The van der Waals surface area contributed by atoms with Gasteiger partial charge in [-0.1, -0.05) is 22.0 Å². The number of nitrogens with one attached hydrogen (secondary N) is 1. The molecule has 15 heavy (non-hydrogen) atoms. The first kappa shape index (κ1) is 10.2. The molecule has 1 N–H and O–H groups in total. The number of hydrogen-bond donors (Lipinski definition) is 1. The third-order valence-corrected chi connectivity index (χ3v) is 2.75. The van der Waals surface area contributed by atoms with E-state index >= 15 is 0 Å². The van der Waals surface area contributed by atoms with Crippen LogP contribution < -0.4 is 10.2 Å². The quantitative estimate of drug-likeness (QED) is 0.790. The number of carbonyl (C=O) groups is 2. The molecule has 1 fully saturated rings. The van der Waals surface area contributed by atoms with Crippen LogP contribution in [0, 0.1) is 6.92 Å². The molecule has 1 aromatic rings. The minimum absolute atomic E-state index is 0.0742. The highest BCUT2D eigenvalue weighted by Gasteiger charge is 2.30. The first-order valence-electron chi connectivity index (χ1n) is 4.46. The fraction of sp³-hybridized carbons (Fsp3) is 0.200. The molecule has 0 spiro atoms. The van der Waals surface area contributed by atoms with Crippen molar-refractivity contribution in [2.24, 2.45) is 0 Å². The maximum atomic E-state index is 11.5. The predicted molar refractivity (Wildman–Crippen MR) is 59.8 cm³/mol. The molecule has 0 atom stereocenters. The van der Waals surface area contributed by atoms with Crippen LogP contribution in [0.25, 0.3) is 0 Å². The van der Waals surface area contributed by atoms with Crippen molar-refractivity contribution in [3.8, 4) is 0 Å². The minimum atomic E-state index is -0.360. The van der Waals surface area contributed by atoms with Crippen LogP contribution >= 0.6 is 15.9 Å². The van der Waals surface area contributed by atoms with Gasteiger partial charge in [0.1, 0.15) is 0 Å². The number of halogens is 1. The van der Waals surface area contributed by atoms with Crippen molar-refractivity contribution in [3.63, 3.8) is 0 Å². The zero-order chi connectivity index (χ0) is 11.0. The van der Waals surface area contributed by atoms with E-state index in [0.29, 0.717) is 5.69 Å². The largest absolute Gasteiger partial charge is 0.329 e. The molecule has 0 bridgehead atoms. The molecule has 4 nitrogen and oxygen atoms in total. The van der Waals surface area contributed by atoms with Gasteiger partial charge in [0.15, 0.2) is 0 Å². The number of carbonyl (C=O) groups excluding carboxylic acids is 2. The fourth-order valence-corrected chi connectivity index (χ4v) is 1.84. The van der Waals surface area contributed by atoms with Crippen LogP contribution in [0.1, 0.15) is 5.56 Å². The molecule has 3 amide bonds. The lowest BCUT2D eigenvalue weighted by Crippen LogP contribution is -2.31. The van der Waals surface area contributed by atoms with Gasteiger partial charge in [0.2, 0.25) is 0 Å². The Morgan fingerprint density at radius 1 is 1.40 bits per heavy atom. The van der Waals surface area contributed by atoms with Gasteiger partial charge in [0, 0.05) is 4.47 Å². The van der Waals surface area contributed by atoms with E-state index in [4.69, 9.17) is 0 Å². The average Bonchev–Trinajstić information content (AvgIpc) is 2.51. The summed E-state index contributed by atoms with van der Waals surface area (Å²) in [5.41, 5.74) is 1.52. The number of imide groups is 1. The predicted octanol–water partition coefficient (Wildman–Crippen LogP) is 1.81. The maximum Gasteiger partial charge on any atom is 0.329 e. The summed E-state index contributed by atoms with van der Waals surface area (Å²) in [6, 6.07) is 5.13. The summed E-state index contributed by atoms with van der Waals surface area (Å²) < 4.78 is 0.843. The van der Waals surface area contributed by atoms with E-state index < -0.39 is 0 Å². The first-order chi connectivity index (χ1) is 7.09. The molecule has 0 saturated carbocycles. The second kappa shape index (κ2) is 3.66. The standard InChI is InChI=1S/C10H9BrN2O2/c1-6-2-3-7(11)4-8(6)13-9(14)5-12-10(13)15/h2-4H,5H2,1H3,(H,12,15). The molecule has 0 radical (unpaired) electrons. The van der Waals surface area contributed by atoms with Crippen molar-refractivity contribution >= 4 is 33.6 Å². The molecule has 5 heteroatoms. The molecular formula is C10H9BrN2O2. The van der Waals surface area contributed by atoms with Crippen molar-refractivity contribution in [2.75, 3.05) is 11.4 Å². The number of nitrogens with zero attached hydrogens (tertiary/aromatic N) is 1. The zero-order valence-electron chi connectivity index (χ0n) is 8.08. The number of amides is 3. The topological polar surface area (TPSA) is 49.4 Å². The van der Waals surface area contributed by atoms with Gasteiger partial charge >= 0.3 is 6.03 Å². The average molecular weight is 269 g/mol. The van der Waals surface area contributed by atoms with Crippen LogP contribution in [-0.4, -0.2) is 18.5 Å². The lowest BCUT2D eigenvalue weighted by Gasteiger charge is -2.15. The Morgan fingerprint density at radius 3 is 2.73 bits per heavy atom. The Balaban J connectivity index is 2.48. The third kappa shape index (κ3) is 1.74. The van der Waals surface area contributed by atoms with Crippen molar-refractivity contribution in [2.45, 2.75) is 6.92 Å². The van der Waals surface area contributed by atoms with Crippen LogP contribution in [0.2, 0.25) is 0 Å². The van der Waals surface area contributed by atoms with Crippen LogP contribution in [0.4, 0.5) is 10.5 Å². The van der Waals surface area contributed by atoms with Crippen LogP contribution in [0.3, 0.4) is 0 Å². The monoisotopic (exact) mass is 268 g/mol. The molecule has 0 aromatic heterocycles. The summed E-state index contributed by atoms with van der Waals surface area (Å²) >= 11 is 3.31. The van der Waals surface area contributed by atoms with E-state index in [0.717, 1.165) is 10.0 Å². The number of urea groups is 1. The summed E-state index contributed by atoms with van der Waals surface area (Å²) in [4.78, 5) is 24.1. The Bertz CT molecular complexity index is 429. The normalized spacial score (nSPS) is 15.7. The molecule has 1 saturated heterocycles. The number of rotatable bonds is 1. The van der Waals surface area contributed by atoms with E-state index in [1.807, 2.05) is 19.1 Å². The fourth-order valence-electron chi connectivity index (χ4n) is 1.49. The number of anilines is 1. The van der Waals surface area contributed by atoms with E-state index in [1.165, 1.54) is 4.90 Å². The van der Waals surface area contributed by atoms with Gasteiger partial charge in [-0.15, -0.1) is 0 Å².